The zero-order valence-electron chi connectivity index (χ0n) is 11.5. The Kier molecular flexibility index (Phi) is 3.54. The smallest absolute Gasteiger partial charge is 0.154 e. The van der Waals surface area contributed by atoms with E-state index in [1.807, 2.05) is 17.6 Å². The van der Waals surface area contributed by atoms with Crippen LogP contribution in [0.15, 0.2) is 18.5 Å². The number of thiocarbonyl (C=S) groups is 1. The molecule has 0 unspecified atom stereocenters. The Bertz CT molecular complexity index is 629. The minimum absolute atomic E-state index is 0.560. The van der Waals surface area contributed by atoms with Crippen LogP contribution in [0.2, 0.25) is 0 Å². The third-order valence-corrected chi connectivity index (χ3v) is 3.67. The van der Waals surface area contributed by atoms with E-state index in [-0.39, 0.29) is 0 Å². The number of aryl methyl sites for hydroxylation is 1. The van der Waals surface area contributed by atoms with Crippen molar-refractivity contribution in [3.05, 3.63) is 24.2 Å². The van der Waals surface area contributed by atoms with Crippen molar-refractivity contribution < 1.29 is 0 Å². The van der Waals surface area contributed by atoms with Crippen LogP contribution in [0.1, 0.15) is 5.69 Å². The van der Waals surface area contributed by atoms with Crippen molar-refractivity contribution in [3.8, 4) is 0 Å². The Morgan fingerprint density at radius 2 is 2.10 bits per heavy atom. The van der Waals surface area contributed by atoms with Gasteiger partial charge in [-0.2, -0.15) is 5.10 Å². The maximum atomic E-state index is 5.60. The lowest BCUT2D eigenvalue weighted by Crippen LogP contribution is -2.49. The first-order valence-corrected chi connectivity index (χ1v) is 7.11. The summed E-state index contributed by atoms with van der Waals surface area (Å²) in [5.41, 5.74) is 7.67. The first kappa shape index (κ1) is 13.3. The highest BCUT2D eigenvalue weighted by atomic mass is 32.1. The third kappa shape index (κ3) is 2.59. The van der Waals surface area contributed by atoms with Crippen LogP contribution in [0.4, 0.5) is 5.82 Å². The summed E-state index contributed by atoms with van der Waals surface area (Å²) in [6, 6.07) is 2.07. The van der Waals surface area contributed by atoms with Crippen LogP contribution in [0, 0.1) is 6.92 Å². The van der Waals surface area contributed by atoms with Crippen molar-refractivity contribution >= 4 is 28.5 Å². The molecule has 1 aliphatic rings. The SMILES string of the molecule is Cc1cc2c(N3CCN(CC(N)=S)CC3)nccn2n1. The highest BCUT2D eigenvalue weighted by molar-refractivity contribution is 7.80. The molecule has 1 saturated heterocycles. The van der Waals surface area contributed by atoms with Gasteiger partial charge in [-0.1, -0.05) is 12.2 Å². The second-order valence-electron chi connectivity index (χ2n) is 5.10. The van der Waals surface area contributed by atoms with Crippen molar-refractivity contribution in [2.24, 2.45) is 5.73 Å². The van der Waals surface area contributed by atoms with Gasteiger partial charge in [-0.05, 0) is 13.0 Å². The molecule has 0 spiro atoms. The Balaban J connectivity index is 1.78. The first-order valence-electron chi connectivity index (χ1n) is 6.70. The minimum Gasteiger partial charge on any atom is -0.392 e. The molecule has 106 valence electrons. The highest BCUT2D eigenvalue weighted by Crippen LogP contribution is 2.20. The van der Waals surface area contributed by atoms with Crippen LogP contribution in [0.5, 0.6) is 0 Å². The summed E-state index contributed by atoms with van der Waals surface area (Å²) in [5.74, 6) is 1.00. The summed E-state index contributed by atoms with van der Waals surface area (Å²) < 4.78 is 1.89. The number of nitrogens with two attached hydrogens (primary N) is 1. The average Bonchev–Trinajstić information content (AvgIpc) is 2.79. The molecule has 6 nitrogen and oxygen atoms in total. The number of piperazine rings is 1. The molecule has 7 heteroatoms. The zero-order chi connectivity index (χ0) is 14.1. The van der Waals surface area contributed by atoms with Gasteiger partial charge in [-0.3, -0.25) is 4.90 Å². The summed E-state index contributed by atoms with van der Waals surface area (Å²) in [6.45, 7) is 6.46. The number of anilines is 1. The van der Waals surface area contributed by atoms with Crippen molar-refractivity contribution in [3.63, 3.8) is 0 Å². The maximum absolute atomic E-state index is 5.60. The molecule has 0 aromatic carbocycles. The maximum Gasteiger partial charge on any atom is 0.154 e. The molecule has 0 aliphatic carbocycles. The van der Waals surface area contributed by atoms with E-state index < -0.39 is 0 Å². The van der Waals surface area contributed by atoms with Crippen LogP contribution in [-0.4, -0.2) is 57.2 Å². The van der Waals surface area contributed by atoms with Crippen molar-refractivity contribution in [2.45, 2.75) is 6.92 Å². The molecule has 3 rings (SSSR count). The zero-order valence-corrected chi connectivity index (χ0v) is 12.3. The quantitative estimate of drug-likeness (QED) is 0.828. The molecule has 0 radical (unpaired) electrons. The Morgan fingerprint density at radius 3 is 2.80 bits per heavy atom. The van der Waals surface area contributed by atoms with Gasteiger partial charge < -0.3 is 10.6 Å². The van der Waals surface area contributed by atoms with Crippen LogP contribution in [-0.2, 0) is 0 Å². The Hall–Kier alpha value is -1.73. The molecule has 2 aromatic heterocycles. The molecule has 0 bridgehead atoms. The molecule has 3 heterocycles. The monoisotopic (exact) mass is 290 g/mol. The molecule has 1 aliphatic heterocycles. The van der Waals surface area contributed by atoms with Crippen LogP contribution in [0.3, 0.4) is 0 Å². The van der Waals surface area contributed by atoms with Gasteiger partial charge >= 0.3 is 0 Å². The average molecular weight is 290 g/mol. The molecule has 0 amide bonds. The van der Waals surface area contributed by atoms with Gasteiger partial charge in [0, 0.05) is 45.1 Å². The third-order valence-electron chi connectivity index (χ3n) is 3.54. The van der Waals surface area contributed by atoms with E-state index in [1.165, 1.54) is 0 Å². The summed E-state index contributed by atoms with van der Waals surface area (Å²) >= 11 is 4.96. The Morgan fingerprint density at radius 1 is 1.35 bits per heavy atom. The predicted octanol–water partition coefficient (Wildman–Crippen LogP) is 0.446. The van der Waals surface area contributed by atoms with Gasteiger partial charge in [-0.25, -0.2) is 9.50 Å². The van der Waals surface area contributed by atoms with E-state index in [0.717, 1.165) is 43.2 Å². The van der Waals surface area contributed by atoms with Crippen LogP contribution >= 0.6 is 12.2 Å². The number of aromatic nitrogens is 3. The van der Waals surface area contributed by atoms with Gasteiger partial charge in [0.1, 0.15) is 5.52 Å². The lowest BCUT2D eigenvalue weighted by atomic mass is 10.3. The standard InChI is InChI=1S/C13H18N6S/c1-10-8-11-13(15-2-3-19(11)16-10)18-6-4-17(5-7-18)9-12(14)20/h2-3,8H,4-7,9H2,1H3,(H2,14,20). The predicted molar refractivity (Wildman–Crippen MR) is 83.2 cm³/mol. The van der Waals surface area contributed by atoms with E-state index in [0.29, 0.717) is 11.5 Å². The molecule has 0 atom stereocenters. The fraction of sp³-hybridized carbons (Fsp3) is 0.462. The van der Waals surface area contributed by atoms with Gasteiger partial charge in [0.25, 0.3) is 0 Å². The fourth-order valence-corrected chi connectivity index (χ4v) is 2.79. The number of rotatable bonds is 3. The van der Waals surface area contributed by atoms with Gasteiger partial charge in [0.2, 0.25) is 0 Å². The molecule has 0 saturated carbocycles. The minimum atomic E-state index is 0.560. The molecule has 1 fully saturated rings. The second-order valence-corrected chi connectivity index (χ2v) is 5.62. The van der Waals surface area contributed by atoms with Crippen molar-refractivity contribution in [1.29, 1.82) is 0 Å². The highest BCUT2D eigenvalue weighted by Gasteiger charge is 2.20. The van der Waals surface area contributed by atoms with Gasteiger partial charge in [0.15, 0.2) is 5.82 Å². The van der Waals surface area contributed by atoms with Gasteiger partial charge in [0.05, 0.1) is 10.7 Å². The van der Waals surface area contributed by atoms with Crippen LogP contribution in [0.25, 0.3) is 5.52 Å². The summed E-state index contributed by atoms with van der Waals surface area (Å²) in [7, 11) is 0. The molecule has 2 aromatic rings. The van der Waals surface area contributed by atoms with Crippen molar-refractivity contribution in [2.75, 3.05) is 37.6 Å². The van der Waals surface area contributed by atoms with Gasteiger partial charge in [-0.15, -0.1) is 0 Å². The topological polar surface area (TPSA) is 62.7 Å². The van der Waals surface area contributed by atoms with Crippen LogP contribution < -0.4 is 10.6 Å². The normalized spacial score (nSPS) is 16.8. The van der Waals surface area contributed by atoms with E-state index in [4.69, 9.17) is 18.0 Å². The largest absolute Gasteiger partial charge is 0.392 e. The number of fused-ring (bicyclic) bond motifs is 1. The number of hydrogen-bond donors (Lipinski definition) is 1. The summed E-state index contributed by atoms with van der Waals surface area (Å²) in [5, 5.41) is 4.43. The lowest BCUT2D eigenvalue weighted by molar-refractivity contribution is 0.292. The Labute approximate surface area is 123 Å². The molecule has 20 heavy (non-hydrogen) atoms. The molecule has 2 N–H and O–H groups in total. The lowest BCUT2D eigenvalue weighted by Gasteiger charge is -2.35. The van der Waals surface area contributed by atoms with E-state index in [9.17, 15) is 0 Å². The molecular formula is C13H18N6S. The van der Waals surface area contributed by atoms with E-state index in [1.54, 1.807) is 6.20 Å². The van der Waals surface area contributed by atoms with Crippen molar-refractivity contribution in [1.82, 2.24) is 19.5 Å². The summed E-state index contributed by atoms with van der Waals surface area (Å²) in [6.07, 6.45) is 3.69. The van der Waals surface area contributed by atoms with E-state index >= 15 is 0 Å². The number of hydrogen-bond acceptors (Lipinski definition) is 5. The fourth-order valence-electron chi connectivity index (χ4n) is 2.61. The first-order chi connectivity index (χ1) is 9.63. The summed E-state index contributed by atoms with van der Waals surface area (Å²) in [4.78, 5) is 9.66. The number of nitrogens with zero attached hydrogens (tertiary/aromatic N) is 5. The van der Waals surface area contributed by atoms with E-state index in [2.05, 4.69) is 25.9 Å². The second kappa shape index (κ2) is 5.34. The molecular weight excluding hydrogens is 272 g/mol.